The van der Waals surface area contributed by atoms with E-state index in [4.69, 9.17) is 10.5 Å². The van der Waals surface area contributed by atoms with E-state index in [1.54, 1.807) is 4.68 Å². The van der Waals surface area contributed by atoms with Crippen LogP contribution in [0.3, 0.4) is 0 Å². The number of esters is 1. The maximum Gasteiger partial charge on any atom is 0.341 e. The van der Waals surface area contributed by atoms with Crippen LogP contribution in [0.5, 0.6) is 0 Å². The maximum atomic E-state index is 13.6. The summed E-state index contributed by atoms with van der Waals surface area (Å²) in [6, 6.07) is 3.79. The molecule has 112 valence electrons. The van der Waals surface area contributed by atoms with Crippen molar-refractivity contribution in [2.24, 2.45) is 0 Å². The van der Waals surface area contributed by atoms with E-state index in [-0.39, 0.29) is 12.2 Å². The lowest BCUT2D eigenvalue weighted by Gasteiger charge is -2.08. The summed E-state index contributed by atoms with van der Waals surface area (Å²) in [5.74, 6) is -1.42. The van der Waals surface area contributed by atoms with Crippen molar-refractivity contribution in [1.82, 2.24) is 9.78 Å². The summed E-state index contributed by atoms with van der Waals surface area (Å²) in [6.45, 7) is 4.43. The highest BCUT2D eigenvalue weighted by atomic mass is 79.9. The molecular formula is C14H15BrFN3O2. The Morgan fingerprint density at radius 3 is 2.90 bits per heavy atom. The first-order valence-corrected chi connectivity index (χ1v) is 7.17. The summed E-state index contributed by atoms with van der Waals surface area (Å²) in [6.07, 6.45) is 0. The Labute approximate surface area is 130 Å². The van der Waals surface area contributed by atoms with Crippen LogP contribution in [-0.2, 0) is 17.9 Å². The molecule has 1 aromatic carbocycles. The number of hydrogen-bond acceptors (Lipinski definition) is 4. The van der Waals surface area contributed by atoms with E-state index in [1.807, 2.05) is 13.8 Å². The van der Waals surface area contributed by atoms with Crippen molar-refractivity contribution in [2.75, 3.05) is 5.73 Å². The van der Waals surface area contributed by atoms with Gasteiger partial charge >= 0.3 is 5.97 Å². The van der Waals surface area contributed by atoms with Gasteiger partial charge in [0.25, 0.3) is 0 Å². The highest BCUT2D eigenvalue weighted by Crippen LogP contribution is 2.22. The first kappa shape index (κ1) is 15.5. The van der Waals surface area contributed by atoms with E-state index in [0.717, 1.165) is 21.9 Å². The van der Waals surface area contributed by atoms with Crippen LogP contribution in [0.15, 0.2) is 22.7 Å². The Bertz CT molecular complexity index is 685. The lowest BCUT2D eigenvalue weighted by Crippen LogP contribution is -2.11. The van der Waals surface area contributed by atoms with Crippen molar-refractivity contribution < 1.29 is 13.9 Å². The molecule has 0 bridgehead atoms. The monoisotopic (exact) mass is 355 g/mol. The highest BCUT2D eigenvalue weighted by Gasteiger charge is 2.17. The van der Waals surface area contributed by atoms with Gasteiger partial charge in [-0.25, -0.2) is 9.18 Å². The molecule has 0 fully saturated rings. The molecule has 0 saturated carbocycles. The summed E-state index contributed by atoms with van der Waals surface area (Å²) in [7, 11) is 0. The van der Waals surface area contributed by atoms with Crippen molar-refractivity contribution in [2.45, 2.75) is 27.0 Å². The van der Waals surface area contributed by atoms with Gasteiger partial charge < -0.3 is 10.5 Å². The van der Waals surface area contributed by atoms with Crippen molar-refractivity contribution in [3.05, 3.63) is 45.4 Å². The molecule has 2 N–H and O–H groups in total. The summed E-state index contributed by atoms with van der Waals surface area (Å²) >= 11 is 3.41. The Balaban J connectivity index is 2.16. The largest absolute Gasteiger partial charge is 0.455 e. The fourth-order valence-corrected chi connectivity index (χ4v) is 2.32. The molecular weight excluding hydrogens is 341 g/mol. The number of hydrogen-bond donors (Lipinski definition) is 1. The van der Waals surface area contributed by atoms with Crippen molar-refractivity contribution in [1.29, 1.82) is 0 Å². The molecule has 0 spiro atoms. The number of nitrogens with zero attached hydrogens (tertiary/aromatic N) is 2. The van der Waals surface area contributed by atoms with Gasteiger partial charge in [0.05, 0.1) is 21.4 Å². The van der Waals surface area contributed by atoms with Crippen molar-refractivity contribution in [3.63, 3.8) is 0 Å². The molecule has 0 aliphatic heterocycles. The minimum atomic E-state index is -0.756. The number of nitrogens with two attached hydrogens (primary N) is 1. The number of carbonyl (C=O) groups excluding carboxylic acids is 1. The molecule has 5 nitrogen and oxygen atoms in total. The zero-order chi connectivity index (χ0) is 15.6. The first-order chi connectivity index (χ1) is 9.93. The van der Waals surface area contributed by atoms with E-state index < -0.39 is 11.8 Å². The number of halogens is 2. The second-order valence-electron chi connectivity index (χ2n) is 4.48. The quantitative estimate of drug-likeness (QED) is 0.675. The molecule has 0 amide bonds. The number of rotatable bonds is 4. The topological polar surface area (TPSA) is 70.1 Å². The van der Waals surface area contributed by atoms with Crippen LogP contribution in [-0.4, -0.2) is 15.7 Å². The van der Waals surface area contributed by atoms with Crippen molar-refractivity contribution in [3.8, 4) is 0 Å². The van der Waals surface area contributed by atoms with Crippen molar-refractivity contribution >= 4 is 27.6 Å². The number of anilines is 1. The molecule has 7 heteroatoms. The number of ether oxygens (including phenoxy) is 1. The van der Waals surface area contributed by atoms with Gasteiger partial charge in [0.2, 0.25) is 0 Å². The maximum absolute atomic E-state index is 13.6. The number of nitrogen functional groups attached to an aromatic ring is 1. The lowest BCUT2D eigenvalue weighted by atomic mass is 10.2. The molecule has 0 aliphatic rings. The lowest BCUT2D eigenvalue weighted by molar-refractivity contribution is 0.0456. The van der Waals surface area contributed by atoms with E-state index in [0.29, 0.717) is 12.2 Å². The minimum absolute atomic E-state index is 0.00232. The molecule has 0 atom stereocenters. The van der Waals surface area contributed by atoms with Gasteiger partial charge in [-0.05, 0) is 48.0 Å². The standard InChI is InChI=1S/C14H15BrFN3O2/c1-3-19-12(13(15)8(2)18-19)7-21-14(20)10-6-9(17)4-5-11(10)16/h4-6H,3,7,17H2,1-2H3. The second-order valence-corrected chi connectivity index (χ2v) is 5.27. The predicted molar refractivity (Wildman–Crippen MR) is 80.3 cm³/mol. The zero-order valence-electron chi connectivity index (χ0n) is 11.7. The van der Waals surface area contributed by atoms with E-state index >= 15 is 0 Å². The summed E-state index contributed by atoms with van der Waals surface area (Å²) in [5.41, 5.74) is 7.21. The molecule has 2 rings (SSSR count). The molecule has 2 aromatic rings. The van der Waals surface area contributed by atoms with Gasteiger partial charge in [0.1, 0.15) is 12.4 Å². The third-order valence-corrected chi connectivity index (χ3v) is 4.03. The van der Waals surface area contributed by atoms with Crippen LogP contribution in [0.1, 0.15) is 28.7 Å². The van der Waals surface area contributed by atoms with E-state index in [1.165, 1.54) is 12.1 Å². The number of aromatic nitrogens is 2. The summed E-state index contributed by atoms with van der Waals surface area (Å²) < 4.78 is 21.3. The fourth-order valence-electron chi connectivity index (χ4n) is 1.92. The second kappa shape index (κ2) is 6.26. The normalized spacial score (nSPS) is 10.7. The molecule has 21 heavy (non-hydrogen) atoms. The number of aryl methyl sites for hydroxylation is 2. The fraction of sp³-hybridized carbons (Fsp3) is 0.286. The highest BCUT2D eigenvalue weighted by molar-refractivity contribution is 9.10. The van der Waals surface area contributed by atoms with E-state index in [2.05, 4.69) is 21.0 Å². The van der Waals surface area contributed by atoms with Gasteiger partial charge in [0, 0.05) is 12.2 Å². The minimum Gasteiger partial charge on any atom is -0.455 e. The molecule has 0 unspecified atom stereocenters. The van der Waals surface area contributed by atoms with Crippen LogP contribution in [0.25, 0.3) is 0 Å². The van der Waals surface area contributed by atoms with Crippen LogP contribution < -0.4 is 5.73 Å². The molecule has 1 heterocycles. The predicted octanol–water partition coefficient (Wildman–Crippen LogP) is 3.05. The number of benzene rings is 1. The molecule has 0 radical (unpaired) electrons. The molecule has 0 saturated heterocycles. The third-order valence-electron chi connectivity index (χ3n) is 3.00. The Morgan fingerprint density at radius 2 is 2.24 bits per heavy atom. The molecule has 0 aliphatic carbocycles. The van der Waals surface area contributed by atoms with Crippen LogP contribution in [0.2, 0.25) is 0 Å². The smallest absolute Gasteiger partial charge is 0.341 e. The Morgan fingerprint density at radius 1 is 1.52 bits per heavy atom. The van der Waals surface area contributed by atoms with Gasteiger partial charge in [0.15, 0.2) is 0 Å². The SMILES string of the molecule is CCn1nc(C)c(Br)c1COC(=O)c1cc(N)ccc1F. The van der Waals surface area contributed by atoms with Crippen LogP contribution >= 0.6 is 15.9 Å². The van der Waals surface area contributed by atoms with Gasteiger partial charge in [-0.3, -0.25) is 4.68 Å². The van der Waals surface area contributed by atoms with Gasteiger partial charge in [-0.2, -0.15) is 5.10 Å². The molecule has 1 aromatic heterocycles. The first-order valence-electron chi connectivity index (χ1n) is 6.38. The zero-order valence-corrected chi connectivity index (χ0v) is 13.3. The van der Waals surface area contributed by atoms with Gasteiger partial charge in [-0.15, -0.1) is 0 Å². The van der Waals surface area contributed by atoms with E-state index in [9.17, 15) is 9.18 Å². The Kier molecular flexibility index (Phi) is 4.62. The third kappa shape index (κ3) is 3.24. The average molecular weight is 356 g/mol. The summed E-state index contributed by atoms with van der Waals surface area (Å²) in [4.78, 5) is 11.9. The van der Waals surface area contributed by atoms with Crippen LogP contribution in [0, 0.1) is 12.7 Å². The Hall–Kier alpha value is -1.89. The summed E-state index contributed by atoms with van der Waals surface area (Å²) in [5, 5.41) is 4.30. The van der Waals surface area contributed by atoms with Gasteiger partial charge in [-0.1, -0.05) is 0 Å². The average Bonchev–Trinajstić information content (AvgIpc) is 2.74. The van der Waals surface area contributed by atoms with Crippen LogP contribution in [0.4, 0.5) is 10.1 Å². The number of carbonyl (C=O) groups is 1.